The first kappa shape index (κ1) is 16.3. The maximum Gasteiger partial charge on any atom is 0.441 e. The van der Waals surface area contributed by atoms with Gasteiger partial charge in [-0.15, -0.1) is 0 Å². The molecule has 0 amide bonds. The molecule has 0 atom stereocenters. The number of hydrogen-bond acceptors (Lipinski definition) is 4. The van der Waals surface area contributed by atoms with Crippen LogP contribution in [-0.4, -0.2) is 22.7 Å². The van der Waals surface area contributed by atoms with Gasteiger partial charge in [0.1, 0.15) is 0 Å². The number of nitro benzene ring substituents is 1. The van der Waals surface area contributed by atoms with E-state index >= 15 is 0 Å². The lowest BCUT2D eigenvalue weighted by molar-refractivity contribution is -0.385. The minimum absolute atomic E-state index is 0.0645. The van der Waals surface area contributed by atoms with Crippen LogP contribution in [0.3, 0.4) is 0 Å². The van der Waals surface area contributed by atoms with E-state index < -0.39 is 10.4 Å². The van der Waals surface area contributed by atoms with Crippen molar-refractivity contribution in [1.82, 2.24) is 5.32 Å². The second-order valence-corrected chi connectivity index (χ2v) is 5.58. The minimum Gasteiger partial charge on any atom is -0.312 e. The Morgan fingerprint density at radius 3 is 2.68 bits per heavy atom. The van der Waals surface area contributed by atoms with Gasteiger partial charge in [0.2, 0.25) is 0 Å². The maximum atomic E-state index is 11.9. The molecule has 1 aromatic carbocycles. The third-order valence-electron chi connectivity index (χ3n) is 2.10. The standard InChI is InChI=1S/C10H10BrF3N2O2S/c11-8-2-1-7(9(5-8)16(17)18)6-15-3-4-19-10(12,13)14/h1-2,5,15H,3-4,6H2. The van der Waals surface area contributed by atoms with Gasteiger partial charge < -0.3 is 5.32 Å². The van der Waals surface area contributed by atoms with Gasteiger partial charge in [-0.3, -0.25) is 10.1 Å². The van der Waals surface area contributed by atoms with Crippen molar-refractivity contribution in [3.8, 4) is 0 Å². The Balaban J connectivity index is 2.47. The summed E-state index contributed by atoms with van der Waals surface area (Å²) in [7, 11) is 0. The van der Waals surface area contributed by atoms with E-state index in [-0.39, 0.29) is 36.3 Å². The molecule has 0 aliphatic rings. The first-order chi connectivity index (χ1) is 8.79. The van der Waals surface area contributed by atoms with E-state index in [0.717, 1.165) is 0 Å². The fourth-order valence-electron chi connectivity index (χ4n) is 1.32. The molecule has 0 aliphatic carbocycles. The van der Waals surface area contributed by atoms with Crippen molar-refractivity contribution in [2.24, 2.45) is 0 Å². The van der Waals surface area contributed by atoms with Crippen LogP contribution in [0.5, 0.6) is 0 Å². The summed E-state index contributed by atoms with van der Waals surface area (Å²) in [6, 6.07) is 4.57. The first-order valence-corrected chi connectivity index (χ1v) is 6.91. The molecule has 0 radical (unpaired) electrons. The first-order valence-electron chi connectivity index (χ1n) is 5.14. The van der Waals surface area contributed by atoms with E-state index in [0.29, 0.717) is 10.0 Å². The molecule has 4 nitrogen and oxygen atoms in total. The van der Waals surface area contributed by atoms with Gasteiger partial charge in [0.05, 0.1) is 4.92 Å². The lowest BCUT2D eigenvalue weighted by Gasteiger charge is -2.07. The van der Waals surface area contributed by atoms with Gasteiger partial charge in [-0.1, -0.05) is 15.9 Å². The second-order valence-electron chi connectivity index (χ2n) is 3.50. The van der Waals surface area contributed by atoms with E-state index in [1.807, 2.05) is 0 Å². The van der Waals surface area contributed by atoms with Crippen LogP contribution < -0.4 is 5.32 Å². The number of halogens is 4. The number of benzene rings is 1. The summed E-state index contributed by atoms with van der Waals surface area (Å²) in [4.78, 5) is 10.3. The van der Waals surface area contributed by atoms with Gasteiger partial charge in [0, 0.05) is 34.9 Å². The Morgan fingerprint density at radius 1 is 1.42 bits per heavy atom. The predicted octanol–water partition coefficient (Wildman–Crippen LogP) is 3.70. The van der Waals surface area contributed by atoms with Crippen LogP contribution in [-0.2, 0) is 6.54 Å². The highest BCUT2D eigenvalue weighted by Gasteiger charge is 2.27. The number of thioether (sulfide) groups is 1. The molecule has 1 aromatic rings. The van der Waals surface area contributed by atoms with Gasteiger partial charge in [-0.25, -0.2) is 0 Å². The Morgan fingerprint density at radius 2 is 2.11 bits per heavy atom. The highest BCUT2D eigenvalue weighted by atomic mass is 79.9. The molecule has 19 heavy (non-hydrogen) atoms. The highest BCUT2D eigenvalue weighted by Crippen LogP contribution is 2.29. The van der Waals surface area contributed by atoms with Crippen LogP contribution in [0.1, 0.15) is 5.56 Å². The van der Waals surface area contributed by atoms with Crippen LogP contribution in [0, 0.1) is 10.1 Å². The molecule has 106 valence electrons. The van der Waals surface area contributed by atoms with Gasteiger partial charge in [-0.05, 0) is 23.9 Å². The maximum absolute atomic E-state index is 11.9. The van der Waals surface area contributed by atoms with Crippen molar-refractivity contribution in [3.63, 3.8) is 0 Å². The van der Waals surface area contributed by atoms with Crippen LogP contribution in [0.4, 0.5) is 18.9 Å². The van der Waals surface area contributed by atoms with Crippen LogP contribution >= 0.6 is 27.7 Å². The molecule has 0 saturated heterocycles. The van der Waals surface area contributed by atoms with Crippen molar-refractivity contribution < 1.29 is 18.1 Å². The molecule has 0 unspecified atom stereocenters. The third-order valence-corrected chi connectivity index (χ3v) is 3.33. The van der Waals surface area contributed by atoms with Gasteiger partial charge in [-0.2, -0.15) is 13.2 Å². The molecule has 0 spiro atoms. The molecule has 0 bridgehead atoms. The molecular weight excluding hydrogens is 349 g/mol. The zero-order valence-corrected chi connectivity index (χ0v) is 11.9. The molecule has 0 aromatic heterocycles. The van der Waals surface area contributed by atoms with E-state index in [2.05, 4.69) is 21.2 Å². The van der Waals surface area contributed by atoms with Crippen molar-refractivity contribution in [3.05, 3.63) is 38.3 Å². The molecule has 1 N–H and O–H groups in total. The SMILES string of the molecule is O=[N+]([O-])c1cc(Br)ccc1CNCCSC(F)(F)F. The summed E-state index contributed by atoms with van der Waals surface area (Å²) in [6.45, 7) is 0.277. The van der Waals surface area contributed by atoms with Crippen molar-refractivity contribution in [2.45, 2.75) is 12.1 Å². The molecule has 1 rings (SSSR count). The molecule has 0 heterocycles. The van der Waals surface area contributed by atoms with Gasteiger partial charge in [0.25, 0.3) is 5.69 Å². The lowest BCUT2D eigenvalue weighted by atomic mass is 10.2. The monoisotopic (exact) mass is 358 g/mol. The fraction of sp³-hybridized carbons (Fsp3) is 0.400. The Bertz CT molecular complexity index is 457. The minimum atomic E-state index is -4.24. The molecule has 0 fully saturated rings. The summed E-state index contributed by atoms with van der Waals surface area (Å²) in [5.41, 5.74) is -3.87. The highest BCUT2D eigenvalue weighted by molar-refractivity contribution is 9.10. The quantitative estimate of drug-likeness (QED) is 0.478. The molecule has 0 saturated carbocycles. The number of nitro groups is 1. The summed E-state index contributed by atoms with van der Waals surface area (Å²) < 4.78 is 36.2. The average Bonchev–Trinajstić information content (AvgIpc) is 2.28. The zero-order valence-electron chi connectivity index (χ0n) is 9.54. The van der Waals surface area contributed by atoms with E-state index in [4.69, 9.17) is 0 Å². The number of rotatable bonds is 6. The average molecular weight is 359 g/mol. The fourth-order valence-corrected chi connectivity index (χ4v) is 2.15. The second kappa shape index (κ2) is 7.11. The van der Waals surface area contributed by atoms with Crippen LogP contribution in [0.2, 0.25) is 0 Å². The topological polar surface area (TPSA) is 55.2 Å². The van der Waals surface area contributed by atoms with E-state index in [9.17, 15) is 23.3 Å². The summed E-state index contributed by atoms with van der Waals surface area (Å²) in [5.74, 6) is -0.131. The Hall–Kier alpha value is -0.800. The van der Waals surface area contributed by atoms with Gasteiger partial charge >= 0.3 is 5.51 Å². The summed E-state index contributed by atoms with van der Waals surface area (Å²) >= 11 is 3.00. The normalized spacial score (nSPS) is 11.6. The molecular formula is C10H10BrF3N2O2S. The number of hydrogen-bond donors (Lipinski definition) is 1. The number of alkyl halides is 3. The van der Waals surface area contributed by atoms with Crippen LogP contribution in [0.15, 0.2) is 22.7 Å². The smallest absolute Gasteiger partial charge is 0.312 e. The van der Waals surface area contributed by atoms with Crippen molar-refractivity contribution in [1.29, 1.82) is 0 Å². The molecule has 0 aliphatic heterocycles. The van der Waals surface area contributed by atoms with Crippen molar-refractivity contribution in [2.75, 3.05) is 12.3 Å². The third kappa shape index (κ3) is 6.26. The largest absolute Gasteiger partial charge is 0.441 e. The van der Waals surface area contributed by atoms with E-state index in [1.165, 1.54) is 6.07 Å². The lowest BCUT2D eigenvalue weighted by Crippen LogP contribution is -2.19. The van der Waals surface area contributed by atoms with Crippen LogP contribution in [0.25, 0.3) is 0 Å². The summed E-state index contributed by atoms with van der Waals surface area (Å²) in [5, 5.41) is 13.5. The zero-order chi connectivity index (χ0) is 14.5. The van der Waals surface area contributed by atoms with E-state index in [1.54, 1.807) is 12.1 Å². The number of nitrogens with one attached hydrogen (secondary N) is 1. The van der Waals surface area contributed by atoms with Gasteiger partial charge in [0.15, 0.2) is 0 Å². The van der Waals surface area contributed by atoms with Crippen molar-refractivity contribution >= 4 is 33.4 Å². The Labute approximate surface area is 120 Å². The molecule has 9 heteroatoms. The summed E-state index contributed by atoms with van der Waals surface area (Å²) in [6.07, 6.45) is 0. The predicted molar refractivity (Wildman–Crippen MR) is 71.0 cm³/mol. The Kier molecular flexibility index (Phi) is 6.08. The number of nitrogens with zero attached hydrogens (tertiary/aromatic N) is 1.